The first-order valence-corrected chi connectivity index (χ1v) is 12.5. The van der Waals surface area contributed by atoms with E-state index in [1.807, 2.05) is 0 Å². The molecule has 2 saturated heterocycles. The zero-order valence-electron chi connectivity index (χ0n) is 21.0. The van der Waals surface area contributed by atoms with Crippen LogP contribution in [0.5, 0.6) is 0 Å². The summed E-state index contributed by atoms with van der Waals surface area (Å²) >= 11 is 0. The molecule has 0 spiro atoms. The first-order chi connectivity index (χ1) is 19.9. The van der Waals surface area contributed by atoms with Crippen molar-refractivity contribution in [3.63, 3.8) is 0 Å². The van der Waals surface area contributed by atoms with E-state index < -0.39 is 54.5 Å². The third kappa shape index (κ3) is 4.08. The minimum atomic E-state index is -1.13. The van der Waals surface area contributed by atoms with Gasteiger partial charge in [-0.3, -0.25) is 18.9 Å². The molecule has 2 bridgehead atoms. The number of imidazole rings is 2. The zero-order chi connectivity index (χ0) is 28.2. The Balaban J connectivity index is 1.21. The van der Waals surface area contributed by atoms with Crippen molar-refractivity contribution in [3.8, 4) is 0 Å². The first-order valence-electron chi connectivity index (χ1n) is 12.5. The van der Waals surface area contributed by atoms with Gasteiger partial charge >= 0.3 is 0 Å². The molecule has 2 fully saturated rings. The molecule has 2 unspecified atom stereocenters. The van der Waals surface area contributed by atoms with Gasteiger partial charge in [0.2, 0.25) is 5.95 Å². The van der Waals surface area contributed by atoms with Crippen molar-refractivity contribution in [1.29, 1.82) is 0 Å². The molecule has 4 aromatic heterocycles. The summed E-state index contributed by atoms with van der Waals surface area (Å²) in [5, 5.41) is 22.1. The molecule has 3 aliphatic rings. The Hall–Kier alpha value is -4.90. The third-order valence-corrected chi connectivity index (χ3v) is 7.16. The molecule has 41 heavy (non-hydrogen) atoms. The highest BCUT2D eigenvalue weighted by atomic mass is 16.5. The number of anilines is 2. The number of aliphatic hydroxyl groups excluding tert-OH is 2. The smallest absolute Gasteiger partial charge is 0.280 e. The van der Waals surface area contributed by atoms with Gasteiger partial charge in [0, 0.05) is 0 Å². The van der Waals surface area contributed by atoms with Crippen LogP contribution in [0.2, 0.25) is 0 Å². The monoisotopic (exact) mass is 562 g/mol. The number of aromatic nitrogens is 8. The fourth-order valence-corrected chi connectivity index (χ4v) is 5.18. The summed E-state index contributed by atoms with van der Waals surface area (Å²) in [6.07, 6.45) is -1.50. The second kappa shape index (κ2) is 9.63. The van der Waals surface area contributed by atoms with Crippen LogP contribution in [-0.2, 0) is 9.47 Å². The maximum atomic E-state index is 12.2. The number of nitrogen functional groups attached to an aromatic ring is 2. The summed E-state index contributed by atoms with van der Waals surface area (Å²) in [6.45, 7) is -0.0247. The summed E-state index contributed by atoms with van der Waals surface area (Å²) in [7, 11) is 0. The normalized spacial score (nSPS) is 31.4. The van der Waals surface area contributed by atoms with Crippen molar-refractivity contribution in [2.24, 2.45) is 20.0 Å². The number of rotatable bonds is 2. The quantitative estimate of drug-likeness (QED) is 0.173. The van der Waals surface area contributed by atoms with Gasteiger partial charge in [-0.1, -0.05) is 0 Å². The number of hydrogen-bond donors (Lipinski definition) is 5. The Morgan fingerprint density at radius 2 is 1.54 bits per heavy atom. The van der Waals surface area contributed by atoms with Gasteiger partial charge in [-0.25, -0.2) is 39.9 Å². The second-order valence-electron chi connectivity index (χ2n) is 9.59. The van der Waals surface area contributed by atoms with Crippen molar-refractivity contribution in [2.75, 3.05) is 24.6 Å². The molecular formula is C22H22N14O5. The summed E-state index contributed by atoms with van der Waals surface area (Å²) in [6, 6.07) is 3.51. The van der Waals surface area contributed by atoms with Crippen molar-refractivity contribution in [3.05, 3.63) is 29.3 Å². The lowest BCUT2D eigenvalue weighted by molar-refractivity contribution is -0.0320. The van der Waals surface area contributed by atoms with Crippen LogP contribution in [0.1, 0.15) is 12.5 Å². The highest BCUT2D eigenvalue weighted by Gasteiger charge is 2.47. The molecule has 19 heteroatoms. The lowest BCUT2D eigenvalue weighted by atomic mass is 10.1. The Morgan fingerprint density at radius 3 is 2.34 bits per heavy atom. The Labute approximate surface area is 228 Å². The van der Waals surface area contributed by atoms with Gasteiger partial charge in [0.1, 0.15) is 48.3 Å². The number of hydrogen-bond acceptors (Lipinski definition) is 16. The number of aromatic amines is 1. The third-order valence-electron chi connectivity index (χ3n) is 7.16. The molecule has 7 rings (SSSR count). The minimum absolute atomic E-state index is 0.00982. The lowest BCUT2D eigenvalue weighted by Crippen LogP contribution is -2.32. The van der Waals surface area contributed by atoms with Crippen LogP contribution in [0.4, 0.5) is 11.8 Å². The average Bonchev–Trinajstić information content (AvgIpc) is 3.70. The number of aliphatic hydroxyl groups is 2. The van der Waals surface area contributed by atoms with Crippen LogP contribution in [0.3, 0.4) is 0 Å². The molecule has 0 amide bonds. The Morgan fingerprint density at radius 1 is 0.854 bits per heavy atom. The molecule has 0 aromatic carbocycles. The zero-order valence-corrected chi connectivity index (χ0v) is 21.0. The van der Waals surface area contributed by atoms with E-state index >= 15 is 0 Å². The maximum absolute atomic E-state index is 12.2. The van der Waals surface area contributed by atoms with Crippen molar-refractivity contribution in [2.45, 2.75) is 49.0 Å². The van der Waals surface area contributed by atoms with E-state index in [1.165, 1.54) is 23.5 Å². The number of H-pyrrole nitrogens is 1. The van der Waals surface area contributed by atoms with Gasteiger partial charge in [-0.05, 0) is 0 Å². The van der Waals surface area contributed by atoms with Crippen molar-refractivity contribution in [1.82, 2.24) is 39.0 Å². The van der Waals surface area contributed by atoms with Gasteiger partial charge in [-0.15, -0.1) is 0 Å². The predicted molar refractivity (Wildman–Crippen MR) is 139 cm³/mol. The SMILES string of the molecule is Nc1nc2c(ncn2[C@@H]2O[C@@H]3CN=C=NC4[C@@H](CN=C=N[C@H]2C3O)O[C@@H](n2cnc3c(N)ncnc32)[C@H]4O)c(=O)[nH]1. The van der Waals surface area contributed by atoms with Gasteiger partial charge in [0.25, 0.3) is 5.56 Å². The number of nitrogens with zero attached hydrogens (tertiary/aromatic N) is 11. The predicted octanol–water partition coefficient (Wildman–Crippen LogP) is -2.26. The number of nitrogens with one attached hydrogen (secondary N) is 1. The van der Waals surface area contributed by atoms with Gasteiger partial charge in [0.15, 0.2) is 35.1 Å². The minimum Gasteiger partial charge on any atom is -0.388 e. The fourth-order valence-electron chi connectivity index (χ4n) is 5.18. The van der Waals surface area contributed by atoms with Gasteiger partial charge in [0.05, 0.1) is 37.8 Å². The number of aliphatic imine (C=N–C) groups is 4. The summed E-state index contributed by atoms with van der Waals surface area (Å²) in [5.41, 5.74) is 12.1. The highest BCUT2D eigenvalue weighted by molar-refractivity contribution is 5.81. The molecule has 0 saturated carbocycles. The van der Waals surface area contributed by atoms with E-state index in [0.29, 0.717) is 11.2 Å². The van der Waals surface area contributed by atoms with E-state index in [4.69, 9.17) is 20.9 Å². The fraction of sp³-hybridized carbons (Fsp3) is 0.455. The van der Waals surface area contributed by atoms with Crippen molar-refractivity contribution >= 4 is 46.1 Å². The molecular weight excluding hydrogens is 540 g/mol. The van der Waals surface area contributed by atoms with Crippen LogP contribution < -0.4 is 17.0 Å². The molecule has 0 radical (unpaired) electrons. The van der Waals surface area contributed by atoms with E-state index in [-0.39, 0.29) is 36.0 Å². The standard InChI is InChI=1S/C22H22N14O5/c23-16-12-17(30-5-29-16)35(6-31-12)21-15(38)10-8(40-21)1-25-4-28-11-14(37)9(2-26-3-27-10)41-20(11)36-7-32-13-18(36)33-22(24)34-19(13)39/h5-11,14-15,20-21,37-38H,1-2H2,(H2,23,29,30)(H3,24,33,34,39)/t8-,9-,10?,11+,14?,15+,20-,21-/m1/s1. The molecule has 7 N–H and O–H groups in total. The van der Waals surface area contributed by atoms with E-state index in [1.54, 1.807) is 4.57 Å². The average molecular weight is 563 g/mol. The van der Waals surface area contributed by atoms with Crippen molar-refractivity contribution < 1.29 is 19.7 Å². The van der Waals surface area contributed by atoms with E-state index in [9.17, 15) is 15.0 Å². The molecule has 3 aliphatic heterocycles. The topological polar surface area (TPSA) is 268 Å². The largest absolute Gasteiger partial charge is 0.388 e. The first kappa shape index (κ1) is 25.1. The molecule has 4 aromatic rings. The maximum Gasteiger partial charge on any atom is 0.280 e. The second-order valence-corrected chi connectivity index (χ2v) is 9.59. The van der Waals surface area contributed by atoms with Crippen LogP contribution in [-0.4, -0.2) is 111 Å². The van der Waals surface area contributed by atoms with E-state index in [0.717, 1.165) is 0 Å². The molecule has 8 atom stereocenters. The number of nitrogens with two attached hydrogens (primary N) is 2. The summed E-state index contributed by atoms with van der Waals surface area (Å²) in [4.78, 5) is 52.4. The number of ether oxygens (including phenoxy) is 2. The Bertz CT molecular complexity index is 1830. The molecule has 0 aliphatic carbocycles. The van der Waals surface area contributed by atoms with Crippen LogP contribution in [0.15, 0.2) is 43.7 Å². The van der Waals surface area contributed by atoms with Gasteiger partial charge in [-0.2, -0.15) is 4.98 Å². The molecule has 7 heterocycles. The van der Waals surface area contributed by atoms with Gasteiger partial charge < -0.3 is 31.2 Å². The van der Waals surface area contributed by atoms with E-state index in [2.05, 4.69) is 61.9 Å². The molecule has 210 valence electrons. The summed E-state index contributed by atoms with van der Waals surface area (Å²) < 4.78 is 15.2. The van der Waals surface area contributed by atoms with Crippen LogP contribution in [0, 0.1) is 0 Å². The molecule has 19 nitrogen and oxygen atoms in total. The number of fused-ring (bicyclic) bond motifs is 5. The van der Waals surface area contributed by atoms with Crippen LogP contribution in [0.25, 0.3) is 22.3 Å². The van der Waals surface area contributed by atoms with Crippen LogP contribution >= 0.6 is 0 Å². The highest BCUT2D eigenvalue weighted by Crippen LogP contribution is 2.35. The summed E-state index contributed by atoms with van der Waals surface area (Å²) in [5.74, 6) is 0.0944. The Kier molecular flexibility index (Phi) is 5.89. The lowest BCUT2D eigenvalue weighted by Gasteiger charge is -2.17.